The standard InChI is InChI=1S/C18H29N3O2S/c1-4-19-17(21-15(2)10-13-24(3,22)23)20-14-18(11-12-18)16-8-6-5-7-9-16/h5-9,15H,4,10-14H2,1-3H3,(H2,19,20,21). The van der Waals surface area contributed by atoms with Crippen LogP contribution in [0.3, 0.4) is 0 Å². The highest BCUT2D eigenvalue weighted by atomic mass is 32.2. The van der Waals surface area contributed by atoms with Crippen molar-refractivity contribution >= 4 is 15.8 Å². The lowest BCUT2D eigenvalue weighted by molar-refractivity contribution is 0.580. The van der Waals surface area contributed by atoms with E-state index in [1.165, 1.54) is 24.7 Å². The minimum absolute atomic E-state index is 0.0596. The summed E-state index contributed by atoms with van der Waals surface area (Å²) in [5.41, 5.74) is 1.54. The van der Waals surface area contributed by atoms with Crippen LogP contribution in [0.1, 0.15) is 38.7 Å². The summed E-state index contributed by atoms with van der Waals surface area (Å²) in [6.45, 7) is 5.55. The number of hydrogen-bond donors (Lipinski definition) is 2. The molecule has 1 atom stereocenters. The van der Waals surface area contributed by atoms with Gasteiger partial charge in [0.1, 0.15) is 9.84 Å². The van der Waals surface area contributed by atoms with Crippen molar-refractivity contribution in [1.82, 2.24) is 10.6 Å². The third-order valence-corrected chi connectivity index (χ3v) is 5.41. The Kier molecular flexibility index (Phi) is 6.27. The first kappa shape index (κ1) is 18.8. The van der Waals surface area contributed by atoms with Gasteiger partial charge in [-0.05, 0) is 38.7 Å². The van der Waals surface area contributed by atoms with Gasteiger partial charge < -0.3 is 10.6 Å². The molecular weight excluding hydrogens is 322 g/mol. The van der Waals surface area contributed by atoms with Crippen molar-refractivity contribution in [2.24, 2.45) is 4.99 Å². The van der Waals surface area contributed by atoms with Crippen molar-refractivity contribution in [3.8, 4) is 0 Å². The molecule has 1 fully saturated rings. The van der Waals surface area contributed by atoms with E-state index < -0.39 is 9.84 Å². The van der Waals surface area contributed by atoms with Crippen LogP contribution in [0.2, 0.25) is 0 Å². The minimum atomic E-state index is -2.93. The summed E-state index contributed by atoms with van der Waals surface area (Å²) < 4.78 is 22.6. The largest absolute Gasteiger partial charge is 0.357 e. The van der Waals surface area contributed by atoms with Crippen LogP contribution in [0.15, 0.2) is 35.3 Å². The quantitative estimate of drug-likeness (QED) is 0.556. The lowest BCUT2D eigenvalue weighted by Gasteiger charge is -2.19. The lowest BCUT2D eigenvalue weighted by Crippen LogP contribution is -2.43. The minimum Gasteiger partial charge on any atom is -0.357 e. The number of hydrogen-bond acceptors (Lipinski definition) is 3. The molecule has 0 aromatic heterocycles. The zero-order valence-corrected chi connectivity index (χ0v) is 15.7. The van der Waals surface area contributed by atoms with E-state index in [-0.39, 0.29) is 17.2 Å². The molecule has 24 heavy (non-hydrogen) atoms. The Hall–Kier alpha value is -1.56. The molecule has 1 aliphatic rings. The van der Waals surface area contributed by atoms with Crippen LogP contribution in [0, 0.1) is 0 Å². The van der Waals surface area contributed by atoms with Gasteiger partial charge in [-0.2, -0.15) is 0 Å². The molecule has 0 aliphatic heterocycles. The molecular formula is C18H29N3O2S. The van der Waals surface area contributed by atoms with E-state index in [0.717, 1.165) is 19.0 Å². The molecule has 1 saturated carbocycles. The van der Waals surface area contributed by atoms with Crippen LogP contribution in [0.5, 0.6) is 0 Å². The number of nitrogens with zero attached hydrogens (tertiary/aromatic N) is 1. The summed E-state index contributed by atoms with van der Waals surface area (Å²) in [7, 11) is -2.93. The van der Waals surface area contributed by atoms with Crippen molar-refractivity contribution in [2.75, 3.05) is 25.1 Å². The van der Waals surface area contributed by atoms with E-state index in [4.69, 9.17) is 4.99 Å². The van der Waals surface area contributed by atoms with Crippen molar-refractivity contribution in [3.05, 3.63) is 35.9 Å². The Morgan fingerprint density at radius 2 is 1.96 bits per heavy atom. The Bertz CT molecular complexity index is 652. The lowest BCUT2D eigenvalue weighted by atomic mass is 9.96. The average Bonchev–Trinajstić information content (AvgIpc) is 3.32. The van der Waals surface area contributed by atoms with Gasteiger partial charge >= 0.3 is 0 Å². The fraction of sp³-hybridized carbons (Fsp3) is 0.611. The summed E-state index contributed by atoms with van der Waals surface area (Å²) >= 11 is 0. The highest BCUT2D eigenvalue weighted by molar-refractivity contribution is 7.90. The van der Waals surface area contributed by atoms with Gasteiger partial charge in [-0.1, -0.05) is 30.3 Å². The van der Waals surface area contributed by atoms with Gasteiger partial charge in [0.25, 0.3) is 0 Å². The highest BCUT2D eigenvalue weighted by Crippen LogP contribution is 2.48. The zero-order valence-electron chi connectivity index (χ0n) is 14.9. The van der Waals surface area contributed by atoms with E-state index in [1.807, 2.05) is 19.9 Å². The zero-order chi connectivity index (χ0) is 17.6. The summed E-state index contributed by atoms with van der Waals surface area (Å²) in [6.07, 6.45) is 4.19. The van der Waals surface area contributed by atoms with Crippen LogP contribution >= 0.6 is 0 Å². The molecule has 134 valence electrons. The fourth-order valence-corrected chi connectivity index (χ4v) is 3.51. The van der Waals surface area contributed by atoms with Gasteiger partial charge in [-0.3, -0.25) is 4.99 Å². The maximum Gasteiger partial charge on any atom is 0.191 e. The highest BCUT2D eigenvalue weighted by Gasteiger charge is 2.43. The maximum absolute atomic E-state index is 11.3. The molecule has 2 rings (SSSR count). The molecule has 0 bridgehead atoms. The van der Waals surface area contributed by atoms with Crippen LogP contribution in [0.4, 0.5) is 0 Å². The number of sulfone groups is 1. The Morgan fingerprint density at radius 1 is 1.29 bits per heavy atom. The predicted octanol–water partition coefficient (Wildman–Crippen LogP) is 2.10. The summed E-state index contributed by atoms with van der Waals surface area (Å²) in [5.74, 6) is 0.954. The van der Waals surface area contributed by atoms with Crippen molar-refractivity contribution < 1.29 is 8.42 Å². The van der Waals surface area contributed by atoms with E-state index in [2.05, 4.69) is 34.9 Å². The Balaban J connectivity index is 1.96. The molecule has 0 radical (unpaired) electrons. The second kappa shape index (κ2) is 8.01. The fourth-order valence-electron chi connectivity index (χ4n) is 2.73. The van der Waals surface area contributed by atoms with E-state index in [9.17, 15) is 8.42 Å². The van der Waals surface area contributed by atoms with E-state index >= 15 is 0 Å². The molecule has 5 nitrogen and oxygen atoms in total. The van der Waals surface area contributed by atoms with E-state index in [0.29, 0.717) is 6.42 Å². The van der Waals surface area contributed by atoms with Gasteiger partial charge in [0, 0.05) is 24.3 Å². The molecule has 1 unspecified atom stereocenters. The number of nitrogens with one attached hydrogen (secondary N) is 2. The van der Waals surface area contributed by atoms with Crippen LogP contribution in [0.25, 0.3) is 0 Å². The average molecular weight is 352 g/mol. The van der Waals surface area contributed by atoms with Crippen LogP contribution < -0.4 is 10.6 Å². The van der Waals surface area contributed by atoms with Gasteiger partial charge in [-0.15, -0.1) is 0 Å². The van der Waals surface area contributed by atoms with Gasteiger partial charge in [0.2, 0.25) is 0 Å². The van der Waals surface area contributed by atoms with Gasteiger partial charge in [-0.25, -0.2) is 8.42 Å². The maximum atomic E-state index is 11.3. The summed E-state index contributed by atoms with van der Waals surface area (Å²) in [6, 6.07) is 10.6. The molecule has 0 amide bonds. The first-order valence-electron chi connectivity index (χ1n) is 8.63. The van der Waals surface area contributed by atoms with Crippen LogP contribution in [-0.2, 0) is 15.3 Å². The first-order valence-corrected chi connectivity index (χ1v) is 10.7. The van der Waals surface area contributed by atoms with Crippen molar-refractivity contribution in [1.29, 1.82) is 0 Å². The molecule has 0 spiro atoms. The Labute approximate surface area is 145 Å². The third-order valence-electron chi connectivity index (χ3n) is 4.43. The number of benzene rings is 1. The molecule has 2 N–H and O–H groups in total. The number of rotatable bonds is 8. The third kappa shape index (κ3) is 5.82. The number of aliphatic imine (C=N–C) groups is 1. The number of guanidine groups is 1. The topological polar surface area (TPSA) is 70.6 Å². The molecule has 1 aromatic carbocycles. The van der Waals surface area contributed by atoms with Gasteiger partial charge in [0.15, 0.2) is 5.96 Å². The van der Waals surface area contributed by atoms with E-state index in [1.54, 1.807) is 0 Å². The predicted molar refractivity (Wildman–Crippen MR) is 100 cm³/mol. The molecule has 1 aliphatic carbocycles. The summed E-state index contributed by atoms with van der Waals surface area (Å²) in [5, 5.41) is 6.57. The smallest absolute Gasteiger partial charge is 0.191 e. The SMILES string of the molecule is CCNC(=NCC1(c2ccccc2)CC1)NC(C)CCS(C)(=O)=O. The van der Waals surface area contributed by atoms with Crippen LogP contribution in [-0.4, -0.2) is 45.5 Å². The molecule has 6 heteroatoms. The second-order valence-corrected chi connectivity index (χ2v) is 9.07. The van der Waals surface area contributed by atoms with Gasteiger partial charge in [0.05, 0.1) is 12.3 Å². The first-order chi connectivity index (χ1) is 11.3. The monoisotopic (exact) mass is 351 g/mol. The molecule has 1 aromatic rings. The second-order valence-electron chi connectivity index (χ2n) is 6.81. The Morgan fingerprint density at radius 3 is 2.50 bits per heavy atom. The molecule has 0 heterocycles. The summed E-state index contributed by atoms with van der Waals surface area (Å²) in [4.78, 5) is 4.75. The van der Waals surface area contributed by atoms with Crippen molar-refractivity contribution in [3.63, 3.8) is 0 Å². The normalized spacial score (nSPS) is 18.0. The molecule has 0 saturated heterocycles. The van der Waals surface area contributed by atoms with Crippen molar-refractivity contribution in [2.45, 2.75) is 44.6 Å².